The van der Waals surface area contributed by atoms with Gasteiger partial charge in [-0.05, 0) is 23.8 Å². The van der Waals surface area contributed by atoms with Gasteiger partial charge in [0.1, 0.15) is 0 Å². The van der Waals surface area contributed by atoms with E-state index in [0.29, 0.717) is 10.6 Å². The molecule has 4 rings (SSSR count). The molecule has 2 aromatic carbocycles. The summed E-state index contributed by atoms with van der Waals surface area (Å²) in [4.78, 5) is 16.8. The van der Waals surface area contributed by atoms with Crippen molar-refractivity contribution in [3.63, 3.8) is 0 Å². The minimum atomic E-state index is -3.77. The van der Waals surface area contributed by atoms with Crippen molar-refractivity contribution < 1.29 is 13.2 Å². The van der Waals surface area contributed by atoms with Gasteiger partial charge in [-0.1, -0.05) is 48.0 Å². The van der Waals surface area contributed by atoms with Crippen molar-refractivity contribution in [2.45, 2.75) is 17.0 Å². The van der Waals surface area contributed by atoms with E-state index in [1.54, 1.807) is 35.9 Å². The molecular formula is C21H21ClN4O3S. The van der Waals surface area contributed by atoms with E-state index in [9.17, 15) is 13.2 Å². The van der Waals surface area contributed by atoms with Gasteiger partial charge in [0.25, 0.3) is 15.9 Å². The predicted octanol–water partition coefficient (Wildman–Crippen LogP) is 2.66. The fraction of sp³-hybridized carbons (Fsp3) is 0.238. The Kier molecular flexibility index (Phi) is 5.64. The van der Waals surface area contributed by atoms with Crippen molar-refractivity contribution in [3.05, 3.63) is 83.3 Å². The van der Waals surface area contributed by atoms with Crippen LogP contribution in [0.2, 0.25) is 5.02 Å². The number of imidazole rings is 1. The van der Waals surface area contributed by atoms with E-state index in [1.165, 1.54) is 16.8 Å². The third-order valence-electron chi connectivity index (χ3n) is 5.20. The Morgan fingerprint density at radius 1 is 1.13 bits per heavy atom. The fourth-order valence-electron chi connectivity index (χ4n) is 3.68. The van der Waals surface area contributed by atoms with Crippen LogP contribution < -0.4 is 5.32 Å². The second kappa shape index (κ2) is 8.22. The Labute approximate surface area is 180 Å². The molecule has 0 aliphatic carbocycles. The Balaban J connectivity index is 1.62. The molecule has 1 aliphatic rings. The smallest absolute Gasteiger partial charge is 0.262 e. The zero-order valence-corrected chi connectivity index (χ0v) is 17.8. The molecule has 1 N–H and O–H groups in total. The number of hydrogen-bond donors (Lipinski definition) is 1. The summed E-state index contributed by atoms with van der Waals surface area (Å²) in [5.74, 6) is -0.478. The molecule has 0 spiro atoms. The first kappa shape index (κ1) is 20.6. The number of halogens is 1. The highest BCUT2D eigenvalue weighted by Crippen LogP contribution is 2.31. The monoisotopic (exact) mass is 444 g/mol. The lowest BCUT2D eigenvalue weighted by atomic mass is 9.94. The standard InChI is InChI=1S/C21H21ClN4O3S/c1-25-13-20(23-14-25)30(28,29)26-11-18(15-6-3-2-4-7-15)19(12-26)24-21(27)16-8-5-9-17(22)10-16/h2-10,13-14,18-19H,11-12H2,1H3,(H,24,27). The molecule has 1 fully saturated rings. The van der Waals surface area contributed by atoms with Crippen LogP contribution in [0.4, 0.5) is 0 Å². The van der Waals surface area contributed by atoms with Gasteiger partial charge in [0, 0.05) is 42.8 Å². The third kappa shape index (κ3) is 4.12. The summed E-state index contributed by atoms with van der Waals surface area (Å²) < 4.78 is 29.2. The number of amides is 1. The summed E-state index contributed by atoms with van der Waals surface area (Å²) in [6.45, 7) is 0.411. The molecule has 3 aromatic rings. The number of aromatic nitrogens is 2. The predicted molar refractivity (Wildman–Crippen MR) is 114 cm³/mol. The van der Waals surface area contributed by atoms with Crippen molar-refractivity contribution in [2.24, 2.45) is 7.05 Å². The van der Waals surface area contributed by atoms with Crippen LogP contribution in [-0.2, 0) is 17.1 Å². The summed E-state index contributed by atoms with van der Waals surface area (Å²) in [5.41, 5.74) is 1.40. The molecule has 1 aromatic heterocycles. The number of carbonyl (C=O) groups excluding carboxylic acids is 1. The number of hydrogen-bond acceptors (Lipinski definition) is 4. The highest BCUT2D eigenvalue weighted by Gasteiger charge is 2.41. The summed E-state index contributed by atoms with van der Waals surface area (Å²) >= 11 is 6.01. The van der Waals surface area contributed by atoms with E-state index < -0.39 is 16.1 Å². The van der Waals surface area contributed by atoms with E-state index in [1.807, 2.05) is 30.3 Å². The number of aryl methyl sites for hydroxylation is 1. The van der Waals surface area contributed by atoms with Crippen LogP contribution in [0.3, 0.4) is 0 Å². The van der Waals surface area contributed by atoms with Gasteiger partial charge in [-0.3, -0.25) is 4.79 Å². The molecule has 9 heteroatoms. The van der Waals surface area contributed by atoms with E-state index in [4.69, 9.17) is 11.6 Å². The van der Waals surface area contributed by atoms with Gasteiger partial charge in [-0.15, -0.1) is 0 Å². The molecule has 156 valence electrons. The van der Waals surface area contributed by atoms with Crippen LogP contribution in [-0.4, -0.2) is 47.3 Å². The molecule has 1 aliphatic heterocycles. The summed E-state index contributed by atoms with van der Waals surface area (Å²) in [7, 11) is -2.05. The molecule has 30 heavy (non-hydrogen) atoms. The van der Waals surface area contributed by atoms with Crippen molar-refractivity contribution in [1.82, 2.24) is 19.2 Å². The van der Waals surface area contributed by atoms with Gasteiger partial charge in [-0.25, -0.2) is 13.4 Å². The average molecular weight is 445 g/mol. The number of sulfonamides is 1. The van der Waals surface area contributed by atoms with Gasteiger partial charge >= 0.3 is 0 Å². The van der Waals surface area contributed by atoms with E-state index >= 15 is 0 Å². The largest absolute Gasteiger partial charge is 0.347 e. The topological polar surface area (TPSA) is 84.3 Å². The number of nitrogens with zero attached hydrogens (tertiary/aromatic N) is 3. The zero-order valence-electron chi connectivity index (χ0n) is 16.3. The van der Waals surface area contributed by atoms with Gasteiger partial charge < -0.3 is 9.88 Å². The van der Waals surface area contributed by atoms with E-state index in [2.05, 4.69) is 10.3 Å². The zero-order chi connectivity index (χ0) is 21.3. The average Bonchev–Trinajstić information content (AvgIpc) is 3.36. The summed E-state index contributed by atoms with van der Waals surface area (Å²) in [6.07, 6.45) is 2.93. The third-order valence-corrected chi connectivity index (χ3v) is 7.16. The van der Waals surface area contributed by atoms with Crippen LogP contribution in [0.25, 0.3) is 0 Å². The first-order valence-electron chi connectivity index (χ1n) is 9.44. The molecule has 2 atom stereocenters. The second-order valence-electron chi connectivity index (χ2n) is 7.31. The Bertz CT molecular complexity index is 1160. The van der Waals surface area contributed by atoms with Crippen LogP contribution in [0.1, 0.15) is 21.8 Å². The van der Waals surface area contributed by atoms with Gasteiger partial charge in [0.15, 0.2) is 5.03 Å². The molecular weight excluding hydrogens is 424 g/mol. The lowest BCUT2D eigenvalue weighted by molar-refractivity contribution is 0.0936. The molecule has 1 saturated heterocycles. The molecule has 2 unspecified atom stereocenters. The van der Waals surface area contributed by atoms with Crippen molar-refractivity contribution in [2.75, 3.05) is 13.1 Å². The minimum Gasteiger partial charge on any atom is -0.347 e. The number of carbonyl (C=O) groups is 1. The highest BCUT2D eigenvalue weighted by atomic mass is 35.5. The summed E-state index contributed by atoms with van der Waals surface area (Å²) in [6, 6.07) is 15.9. The van der Waals surface area contributed by atoms with Crippen LogP contribution in [0.15, 0.2) is 72.1 Å². The van der Waals surface area contributed by atoms with Gasteiger partial charge in [0.2, 0.25) is 0 Å². The van der Waals surface area contributed by atoms with Crippen LogP contribution in [0.5, 0.6) is 0 Å². The highest BCUT2D eigenvalue weighted by molar-refractivity contribution is 7.89. The summed E-state index contributed by atoms with van der Waals surface area (Å²) in [5, 5.41) is 3.46. The van der Waals surface area contributed by atoms with E-state index in [-0.39, 0.29) is 29.9 Å². The van der Waals surface area contributed by atoms with Gasteiger partial charge in [-0.2, -0.15) is 4.31 Å². The molecule has 7 nitrogen and oxygen atoms in total. The second-order valence-corrected chi connectivity index (χ2v) is 9.63. The maximum atomic E-state index is 13.1. The number of rotatable bonds is 5. The fourth-order valence-corrected chi connectivity index (χ4v) is 5.33. The van der Waals surface area contributed by atoms with Crippen molar-refractivity contribution >= 4 is 27.5 Å². The number of benzene rings is 2. The maximum Gasteiger partial charge on any atom is 0.262 e. The van der Waals surface area contributed by atoms with Crippen LogP contribution in [0, 0.1) is 0 Å². The van der Waals surface area contributed by atoms with Crippen LogP contribution >= 0.6 is 11.6 Å². The first-order chi connectivity index (χ1) is 14.3. The first-order valence-corrected chi connectivity index (χ1v) is 11.3. The quantitative estimate of drug-likeness (QED) is 0.655. The lowest BCUT2D eigenvalue weighted by Crippen LogP contribution is -2.40. The van der Waals surface area contributed by atoms with Crippen molar-refractivity contribution in [3.8, 4) is 0 Å². The Hall–Kier alpha value is -2.68. The SMILES string of the molecule is Cn1cnc(S(=O)(=O)N2CC(NC(=O)c3cccc(Cl)c3)C(c3ccccc3)C2)c1. The maximum absolute atomic E-state index is 13.1. The normalized spacial score (nSPS) is 19.7. The molecule has 2 heterocycles. The van der Waals surface area contributed by atoms with E-state index in [0.717, 1.165) is 5.56 Å². The molecule has 0 radical (unpaired) electrons. The molecule has 1 amide bonds. The Morgan fingerprint density at radius 2 is 1.90 bits per heavy atom. The Morgan fingerprint density at radius 3 is 2.57 bits per heavy atom. The number of nitrogens with one attached hydrogen (secondary N) is 1. The lowest BCUT2D eigenvalue weighted by Gasteiger charge is -2.20. The minimum absolute atomic E-state index is 0.00127. The molecule has 0 saturated carbocycles. The van der Waals surface area contributed by atoms with Gasteiger partial charge in [0.05, 0.1) is 12.4 Å². The molecule has 0 bridgehead atoms. The van der Waals surface area contributed by atoms with Crippen molar-refractivity contribution in [1.29, 1.82) is 0 Å².